The van der Waals surface area contributed by atoms with E-state index in [4.69, 9.17) is 32.7 Å². The van der Waals surface area contributed by atoms with Crippen LogP contribution in [-0.2, 0) is 4.79 Å². The summed E-state index contributed by atoms with van der Waals surface area (Å²) in [4.78, 5) is 24.8. The van der Waals surface area contributed by atoms with Crippen LogP contribution in [0.25, 0.3) is 6.08 Å². The van der Waals surface area contributed by atoms with E-state index < -0.39 is 11.9 Å². The number of esters is 1. The van der Waals surface area contributed by atoms with E-state index in [1.54, 1.807) is 60.7 Å². The molecule has 3 rings (SSSR count). The molecule has 3 aromatic rings. The third-order valence-electron chi connectivity index (χ3n) is 4.28. The van der Waals surface area contributed by atoms with Crippen molar-refractivity contribution in [3.8, 4) is 17.6 Å². The minimum atomic E-state index is -0.657. The Bertz CT molecular complexity index is 1230. The van der Waals surface area contributed by atoms with Crippen LogP contribution in [0, 0.1) is 11.3 Å². The van der Waals surface area contributed by atoms with Crippen LogP contribution in [0.3, 0.4) is 0 Å². The van der Waals surface area contributed by atoms with Gasteiger partial charge in [0.25, 0.3) is 5.91 Å². The van der Waals surface area contributed by atoms with E-state index in [2.05, 4.69) is 5.32 Å². The number of rotatable bonds is 6. The number of nitriles is 1. The predicted molar refractivity (Wildman–Crippen MR) is 123 cm³/mol. The Morgan fingerprint density at radius 2 is 1.75 bits per heavy atom. The summed E-state index contributed by atoms with van der Waals surface area (Å²) in [6.07, 6.45) is 1.37. The number of hydrogen-bond acceptors (Lipinski definition) is 5. The van der Waals surface area contributed by atoms with Gasteiger partial charge in [0.2, 0.25) is 0 Å². The van der Waals surface area contributed by atoms with Crippen LogP contribution < -0.4 is 14.8 Å². The van der Waals surface area contributed by atoms with E-state index in [0.717, 1.165) is 0 Å². The molecule has 160 valence electrons. The highest BCUT2D eigenvalue weighted by Crippen LogP contribution is 2.31. The predicted octanol–water partition coefficient (Wildman–Crippen LogP) is 5.77. The van der Waals surface area contributed by atoms with Crippen LogP contribution in [0.4, 0.5) is 5.69 Å². The molecule has 0 aromatic heterocycles. The van der Waals surface area contributed by atoms with Gasteiger partial charge in [0, 0.05) is 0 Å². The number of hydrogen-bond donors (Lipinski definition) is 1. The first-order valence-corrected chi connectivity index (χ1v) is 10.0. The van der Waals surface area contributed by atoms with Gasteiger partial charge in [-0.05, 0) is 48.0 Å². The standard InChI is InChI=1S/C24H16Cl2N2O4/c1-31-21-13-15(10-11-20(21)32-24(30)16-6-3-2-4-7-16)12-17(14-27)23(29)28-19-9-5-8-18(25)22(19)26/h2-13H,1H3,(H,28,29)/b17-12+. The van der Waals surface area contributed by atoms with E-state index in [9.17, 15) is 14.9 Å². The zero-order valence-electron chi connectivity index (χ0n) is 16.8. The summed E-state index contributed by atoms with van der Waals surface area (Å²) in [5.74, 6) is -0.733. The molecular formula is C24H16Cl2N2O4. The third kappa shape index (κ3) is 5.46. The molecule has 0 aliphatic carbocycles. The maximum Gasteiger partial charge on any atom is 0.343 e. The van der Waals surface area contributed by atoms with Crippen molar-refractivity contribution in [1.82, 2.24) is 0 Å². The lowest BCUT2D eigenvalue weighted by Gasteiger charge is -2.10. The Hall–Kier alpha value is -3.79. The summed E-state index contributed by atoms with van der Waals surface area (Å²) in [6, 6.07) is 19.8. The van der Waals surface area contributed by atoms with Gasteiger partial charge >= 0.3 is 5.97 Å². The lowest BCUT2D eigenvalue weighted by atomic mass is 10.1. The van der Waals surface area contributed by atoms with Gasteiger partial charge in [0.15, 0.2) is 11.5 Å². The molecule has 0 heterocycles. The number of nitrogens with one attached hydrogen (secondary N) is 1. The largest absolute Gasteiger partial charge is 0.493 e. The SMILES string of the molecule is COc1cc(/C=C(\C#N)C(=O)Nc2cccc(Cl)c2Cl)ccc1OC(=O)c1ccccc1. The number of carbonyl (C=O) groups excluding carboxylic acids is 2. The van der Waals surface area contributed by atoms with Gasteiger partial charge in [-0.25, -0.2) is 4.79 Å². The second kappa shape index (κ2) is 10.5. The van der Waals surface area contributed by atoms with E-state index >= 15 is 0 Å². The van der Waals surface area contributed by atoms with Crippen LogP contribution in [0.2, 0.25) is 10.0 Å². The summed E-state index contributed by atoms with van der Waals surface area (Å²) in [5, 5.41) is 12.5. The van der Waals surface area contributed by atoms with Crippen molar-refractivity contribution in [2.45, 2.75) is 0 Å². The van der Waals surface area contributed by atoms with Gasteiger partial charge in [0.05, 0.1) is 28.4 Å². The highest BCUT2D eigenvalue weighted by Gasteiger charge is 2.15. The Labute approximate surface area is 194 Å². The highest BCUT2D eigenvalue weighted by molar-refractivity contribution is 6.44. The van der Waals surface area contributed by atoms with Gasteiger partial charge in [0.1, 0.15) is 11.6 Å². The van der Waals surface area contributed by atoms with Gasteiger partial charge in [-0.15, -0.1) is 0 Å². The average Bonchev–Trinajstić information content (AvgIpc) is 2.81. The van der Waals surface area contributed by atoms with Gasteiger partial charge in [-0.2, -0.15) is 5.26 Å². The van der Waals surface area contributed by atoms with Crippen LogP contribution in [0.15, 0.2) is 72.3 Å². The fraction of sp³-hybridized carbons (Fsp3) is 0.0417. The van der Waals surface area contributed by atoms with Gasteiger partial charge in [-0.3, -0.25) is 4.79 Å². The minimum absolute atomic E-state index is 0.169. The van der Waals surface area contributed by atoms with E-state index in [1.165, 1.54) is 19.3 Å². The molecule has 8 heteroatoms. The van der Waals surface area contributed by atoms with Crippen molar-refractivity contribution in [2.75, 3.05) is 12.4 Å². The molecule has 0 saturated carbocycles. The van der Waals surface area contributed by atoms with Crippen molar-refractivity contribution in [1.29, 1.82) is 5.26 Å². The molecule has 1 N–H and O–H groups in total. The number of carbonyl (C=O) groups is 2. The second-order valence-corrected chi connectivity index (χ2v) is 7.18. The van der Waals surface area contributed by atoms with Crippen molar-refractivity contribution < 1.29 is 19.1 Å². The molecule has 0 spiro atoms. The molecule has 1 amide bonds. The molecule has 0 radical (unpaired) electrons. The Morgan fingerprint density at radius 1 is 1.00 bits per heavy atom. The monoisotopic (exact) mass is 466 g/mol. The molecule has 32 heavy (non-hydrogen) atoms. The quantitative estimate of drug-likeness (QED) is 0.215. The molecule has 0 aliphatic rings. The maximum atomic E-state index is 12.5. The Kier molecular flexibility index (Phi) is 7.50. The van der Waals surface area contributed by atoms with Crippen LogP contribution in [0.1, 0.15) is 15.9 Å². The number of anilines is 1. The fourth-order valence-electron chi connectivity index (χ4n) is 2.70. The maximum absolute atomic E-state index is 12.5. The molecular weight excluding hydrogens is 451 g/mol. The van der Waals surface area contributed by atoms with Crippen LogP contribution >= 0.6 is 23.2 Å². The number of nitrogens with zero attached hydrogens (tertiary/aromatic N) is 1. The summed E-state index contributed by atoms with van der Waals surface area (Å²) >= 11 is 12.0. The first-order chi connectivity index (χ1) is 15.4. The summed E-state index contributed by atoms with van der Waals surface area (Å²) < 4.78 is 10.7. The average molecular weight is 467 g/mol. The molecule has 0 fully saturated rings. The number of benzene rings is 3. The zero-order chi connectivity index (χ0) is 23.1. The van der Waals surface area contributed by atoms with Crippen molar-refractivity contribution in [2.24, 2.45) is 0 Å². The number of amides is 1. The fourth-order valence-corrected chi connectivity index (χ4v) is 3.04. The topological polar surface area (TPSA) is 88.4 Å². The lowest BCUT2D eigenvalue weighted by molar-refractivity contribution is -0.112. The second-order valence-electron chi connectivity index (χ2n) is 6.39. The lowest BCUT2D eigenvalue weighted by Crippen LogP contribution is -2.13. The molecule has 6 nitrogen and oxygen atoms in total. The normalized spacial score (nSPS) is 10.8. The van der Waals surface area contributed by atoms with E-state index in [0.29, 0.717) is 11.1 Å². The Morgan fingerprint density at radius 3 is 2.44 bits per heavy atom. The van der Waals surface area contributed by atoms with Gasteiger partial charge in [-0.1, -0.05) is 53.5 Å². The first-order valence-electron chi connectivity index (χ1n) is 9.25. The molecule has 0 unspecified atom stereocenters. The summed E-state index contributed by atoms with van der Waals surface area (Å²) in [6.45, 7) is 0. The number of methoxy groups -OCH3 is 1. The van der Waals surface area contributed by atoms with E-state index in [-0.39, 0.29) is 32.8 Å². The molecule has 3 aromatic carbocycles. The van der Waals surface area contributed by atoms with Crippen molar-refractivity contribution >= 4 is 46.8 Å². The first kappa shape index (κ1) is 22.9. The smallest absolute Gasteiger partial charge is 0.343 e. The third-order valence-corrected chi connectivity index (χ3v) is 5.09. The molecule has 0 aliphatic heterocycles. The minimum Gasteiger partial charge on any atom is -0.493 e. The van der Waals surface area contributed by atoms with Gasteiger partial charge < -0.3 is 14.8 Å². The van der Waals surface area contributed by atoms with Crippen molar-refractivity contribution in [3.05, 3.63) is 93.5 Å². The zero-order valence-corrected chi connectivity index (χ0v) is 18.3. The number of halogens is 2. The molecule has 0 bridgehead atoms. The van der Waals surface area contributed by atoms with Crippen molar-refractivity contribution in [3.63, 3.8) is 0 Å². The van der Waals surface area contributed by atoms with E-state index in [1.807, 2.05) is 6.07 Å². The molecule has 0 atom stereocenters. The van der Waals surface area contributed by atoms with Crippen LogP contribution in [0.5, 0.6) is 11.5 Å². The van der Waals surface area contributed by atoms with Crippen LogP contribution in [-0.4, -0.2) is 19.0 Å². The Balaban J connectivity index is 1.82. The summed E-state index contributed by atoms with van der Waals surface area (Å²) in [5.41, 5.74) is 0.995. The summed E-state index contributed by atoms with van der Waals surface area (Å²) in [7, 11) is 1.42. The number of ether oxygens (including phenoxy) is 2. The highest BCUT2D eigenvalue weighted by atomic mass is 35.5. The molecule has 0 saturated heterocycles.